The highest BCUT2D eigenvalue weighted by molar-refractivity contribution is 6.06. The lowest BCUT2D eigenvalue weighted by molar-refractivity contribution is -0.671. The Morgan fingerprint density at radius 3 is 2.65 bits per heavy atom. The molecule has 4 heterocycles. The average molecular weight is 409 g/mol. The lowest BCUT2D eigenvalue weighted by atomic mass is 9.89. The van der Waals surface area contributed by atoms with Crippen molar-refractivity contribution in [3.05, 3.63) is 77.7 Å². The lowest BCUT2D eigenvalue weighted by Crippen LogP contribution is -2.30. The summed E-state index contributed by atoms with van der Waals surface area (Å²) in [6, 6.07) is 15.1. The highest BCUT2D eigenvalue weighted by atomic mass is 16.3. The Balaban J connectivity index is 1.75. The van der Waals surface area contributed by atoms with Crippen molar-refractivity contribution >= 4 is 22.1 Å². The first-order chi connectivity index (χ1) is 15.0. The van der Waals surface area contributed by atoms with Crippen molar-refractivity contribution in [3.8, 4) is 17.1 Å². The van der Waals surface area contributed by atoms with Crippen LogP contribution >= 0.6 is 0 Å². The van der Waals surface area contributed by atoms with Gasteiger partial charge in [0.05, 0.1) is 5.56 Å². The summed E-state index contributed by atoms with van der Waals surface area (Å²) in [4.78, 5) is 4.50. The molecule has 0 N–H and O–H groups in total. The van der Waals surface area contributed by atoms with E-state index in [2.05, 4.69) is 90.6 Å². The van der Waals surface area contributed by atoms with Gasteiger partial charge in [-0.3, -0.25) is 0 Å². The Labute approximate surface area is 181 Å². The molecule has 1 aliphatic heterocycles. The van der Waals surface area contributed by atoms with Crippen LogP contribution in [0.1, 0.15) is 56.2 Å². The zero-order chi connectivity index (χ0) is 21.3. The molecule has 0 radical (unpaired) electrons. The van der Waals surface area contributed by atoms with Crippen LogP contribution in [0.25, 0.3) is 39.1 Å². The van der Waals surface area contributed by atoms with E-state index in [9.17, 15) is 0 Å². The van der Waals surface area contributed by atoms with Crippen LogP contribution in [0.5, 0.6) is 0 Å². The van der Waals surface area contributed by atoms with Crippen molar-refractivity contribution in [1.29, 1.82) is 0 Å². The fourth-order valence-corrected chi connectivity index (χ4v) is 5.11. The van der Waals surface area contributed by atoms with E-state index in [-0.39, 0.29) is 0 Å². The van der Waals surface area contributed by atoms with Crippen molar-refractivity contribution in [1.82, 2.24) is 9.55 Å². The molecule has 0 spiro atoms. The van der Waals surface area contributed by atoms with Crippen LogP contribution in [0.3, 0.4) is 0 Å². The normalized spacial score (nSPS) is 13.0. The zero-order valence-corrected chi connectivity index (χ0v) is 18.4. The molecule has 0 unspecified atom stereocenters. The number of rotatable bonds is 3. The van der Waals surface area contributed by atoms with Gasteiger partial charge in [-0.25, -0.2) is 9.55 Å². The van der Waals surface area contributed by atoms with Gasteiger partial charge in [-0.1, -0.05) is 45.9 Å². The third kappa shape index (κ3) is 2.54. The van der Waals surface area contributed by atoms with E-state index in [0.717, 1.165) is 22.9 Å². The van der Waals surface area contributed by atoms with Crippen LogP contribution in [-0.4, -0.2) is 9.55 Å². The number of nitrogens with zero attached hydrogens (tertiary/aromatic N) is 3. The van der Waals surface area contributed by atoms with Crippen molar-refractivity contribution in [2.75, 3.05) is 0 Å². The van der Waals surface area contributed by atoms with E-state index in [1.54, 1.807) is 6.20 Å². The molecule has 2 aromatic carbocycles. The molecule has 0 saturated carbocycles. The van der Waals surface area contributed by atoms with Crippen molar-refractivity contribution in [3.63, 3.8) is 0 Å². The summed E-state index contributed by atoms with van der Waals surface area (Å²) >= 11 is 0. The van der Waals surface area contributed by atoms with Crippen molar-refractivity contribution in [2.45, 2.75) is 46.1 Å². The first-order valence-corrected chi connectivity index (χ1v) is 11.1. The highest BCUT2D eigenvalue weighted by Crippen LogP contribution is 2.42. The van der Waals surface area contributed by atoms with Gasteiger partial charge in [0.1, 0.15) is 30.2 Å². The monoisotopic (exact) mass is 408 g/mol. The first-order valence-electron chi connectivity index (χ1n) is 11.1. The molecule has 0 bridgehead atoms. The van der Waals surface area contributed by atoms with Gasteiger partial charge < -0.3 is 4.42 Å². The fourth-order valence-electron chi connectivity index (χ4n) is 5.11. The first kappa shape index (κ1) is 18.4. The third-order valence-electron chi connectivity index (χ3n) is 6.51. The van der Waals surface area contributed by atoms with Crippen molar-refractivity contribution in [2.24, 2.45) is 0 Å². The van der Waals surface area contributed by atoms with E-state index < -0.39 is 0 Å². The van der Waals surface area contributed by atoms with Crippen molar-refractivity contribution < 1.29 is 8.98 Å². The lowest BCUT2D eigenvalue weighted by Gasteiger charge is -2.18. The smallest absolute Gasteiger partial charge is 0.294 e. The molecular formula is C27H26N3O+. The molecule has 5 aromatic rings. The fraction of sp³-hybridized carbons (Fsp3) is 0.259. The number of fused-ring (bicyclic) bond motifs is 6. The van der Waals surface area contributed by atoms with Gasteiger partial charge in [0.25, 0.3) is 5.82 Å². The van der Waals surface area contributed by atoms with Gasteiger partial charge in [0.15, 0.2) is 0 Å². The summed E-state index contributed by atoms with van der Waals surface area (Å²) < 4.78 is 11.1. The standard InChI is InChI=1S/C27H26N3O/c1-16(2)21-14-22-20-10-7-11-28-26(20)31-25(22)23(17(3)4)24(21)30-13-12-29-15-18-8-5-6-9-19(18)27(29)30/h5-14,16-17H,15H2,1-4H3/q+1. The minimum atomic E-state index is 0.302. The Hall–Kier alpha value is -3.40. The van der Waals surface area contributed by atoms with Crippen LogP contribution in [0.4, 0.5) is 0 Å². The molecular weight excluding hydrogens is 382 g/mol. The number of aromatic nitrogens is 3. The number of imidazole rings is 1. The summed E-state index contributed by atoms with van der Waals surface area (Å²) in [5.74, 6) is 1.92. The second-order valence-electron chi connectivity index (χ2n) is 9.15. The topological polar surface area (TPSA) is 34.8 Å². The van der Waals surface area contributed by atoms with Crippen LogP contribution in [0, 0.1) is 0 Å². The average Bonchev–Trinajstić information content (AvgIpc) is 3.43. The number of benzene rings is 2. The van der Waals surface area contributed by atoms with Gasteiger partial charge in [-0.15, -0.1) is 0 Å². The maximum Gasteiger partial charge on any atom is 0.294 e. The summed E-state index contributed by atoms with van der Waals surface area (Å²) in [5.41, 5.74) is 8.20. The van der Waals surface area contributed by atoms with E-state index in [1.807, 2.05) is 6.07 Å². The van der Waals surface area contributed by atoms with Crippen LogP contribution in [-0.2, 0) is 6.54 Å². The SMILES string of the molecule is CC(C)c1cc2c(oc3ncccc32)c(C(C)C)c1-n1cc[n+]2c1-c1ccccc1C2. The Kier molecular flexibility index (Phi) is 3.88. The molecule has 0 saturated heterocycles. The summed E-state index contributed by atoms with van der Waals surface area (Å²) in [5, 5.41) is 2.25. The van der Waals surface area contributed by atoms with Crippen LogP contribution in [0.15, 0.2) is 65.5 Å². The summed E-state index contributed by atoms with van der Waals surface area (Å²) in [7, 11) is 0. The molecule has 0 amide bonds. The maximum absolute atomic E-state index is 6.38. The molecule has 0 fully saturated rings. The second kappa shape index (κ2) is 6.55. The molecule has 0 aliphatic carbocycles. The van der Waals surface area contributed by atoms with Crippen LogP contribution in [0.2, 0.25) is 0 Å². The zero-order valence-electron chi connectivity index (χ0n) is 18.4. The Bertz CT molecular complexity index is 1470. The number of hydrogen-bond acceptors (Lipinski definition) is 2. The van der Waals surface area contributed by atoms with Gasteiger partial charge in [0.2, 0.25) is 5.71 Å². The molecule has 3 aromatic heterocycles. The van der Waals surface area contributed by atoms with Crippen LogP contribution < -0.4 is 4.57 Å². The minimum Gasteiger partial charge on any atom is -0.437 e. The minimum absolute atomic E-state index is 0.302. The predicted octanol–water partition coefficient (Wildman–Crippen LogP) is 6.33. The Morgan fingerprint density at radius 1 is 1.00 bits per heavy atom. The van der Waals surface area contributed by atoms with Gasteiger partial charge in [-0.05, 0) is 36.1 Å². The molecule has 6 rings (SSSR count). The van der Waals surface area contributed by atoms with E-state index in [0.29, 0.717) is 17.5 Å². The summed E-state index contributed by atoms with van der Waals surface area (Å²) in [6.07, 6.45) is 6.22. The number of hydrogen-bond donors (Lipinski definition) is 0. The van der Waals surface area contributed by atoms with Gasteiger partial charge in [0, 0.05) is 33.7 Å². The third-order valence-corrected chi connectivity index (χ3v) is 6.51. The second-order valence-corrected chi connectivity index (χ2v) is 9.15. The molecule has 0 atom stereocenters. The van der Waals surface area contributed by atoms with Gasteiger partial charge in [-0.2, -0.15) is 4.57 Å². The highest BCUT2D eigenvalue weighted by Gasteiger charge is 2.34. The molecule has 4 nitrogen and oxygen atoms in total. The molecule has 31 heavy (non-hydrogen) atoms. The predicted molar refractivity (Wildman–Crippen MR) is 124 cm³/mol. The van der Waals surface area contributed by atoms with E-state index >= 15 is 0 Å². The quantitative estimate of drug-likeness (QED) is 0.321. The summed E-state index contributed by atoms with van der Waals surface area (Å²) in [6.45, 7) is 9.99. The molecule has 1 aliphatic rings. The van der Waals surface area contributed by atoms with E-state index in [4.69, 9.17) is 4.42 Å². The number of pyridine rings is 1. The maximum atomic E-state index is 6.38. The van der Waals surface area contributed by atoms with Gasteiger partial charge >= 0.3 is 0 Å². The molecule has 154 valence electrons. The molecule has 4 heteroatoms. The number of furan rings is 1. The Morgan fingerprint density at radius 2 is 1.84 bits per heavy atom. The largest absolute Gasteiger partial charge is 0.437 e. The van der Waals surface area contributed by atoms with E-state index in [1.165, 1.54) is 33.8 Å².